The molecule has 2 heterocycles. The van der Waals surface area contributed by atoms with Crippen LogP contribution in [-0.4, -0.2) is 30.5 Å². The van der Waals surface area contributed by atoms with Crippen molar-refractivity contribution in [3.8, 4) is 11.5 Å². The molecule has 4 rings (SSSR count). The molecule has 1 fully saturated rings. The lowest BCUT2D eigenvalue weighted by atomic mass is 10.0. The summed E-state index contributed by atoms with van der Waals surface area (Å²) >= 11 is 0. The Morgan fingerprint density at radius 3 is 2.66 bits per heavy atom. The van der Waals surface area contributed by atoms with Crippen LogP contribution in [0.3, 0.4) is 0 Å². The number of benzene rings is 2. The number of hydrogen-bond acceptors (Lipinski definition) is 5. The fourth-order valence-corrected chi connectivity index (χ4v) is 4.27. The largest absolute Gasteiger partial charge is 0.493 e. The van der Waals surface area contributed by atoms with Crippen LogP contribution in [0.25, 0.3) is 0 Å². The van der Waals surface area contributed by atoms with E-state index >= 15 is 0 Å². The maximum Gasteiger partial charge on any atom is 0.227 e. The van der Waals surface area contributed by atoms with Crippen LogP contribution in [0.15, 0.2) is 60.9 Å². The van der Waals surface area contributed by atoms with E-state index in [1.807, 2.05) is 69.3 Å². The van der Waals surface area contributed by atoms with Gasteiger partial charge in [-0.3, -0.25) is 14.6 Å². The molecule has 2 atom stereocenters. The number of carbonyl (C=O) groups excluding carboxylic acids is 2. The minimum absolute atomic E-state index is 0.0242. The molecule has 3 aromatic rings. The number of nitrogens with one attached hydrogen (secondary N) is 1. The molecule has 7 heteroatoms. The van der Waals surface area contributed by atoms with E-state index in [1.165, 1.54) is 0 Å². The lowest BCUT2D eigenvalue weighted by Crippen LogP contribution is -2.34. The summed E-state index contributed by atoms with van der Waals surface area (Å²) in [5.74, 6) is 0.668. The van der Waals surface area contributed by atoms with Gasteiger partial charge in [0.25, 0.3) is 0 Å². The second kappa shape index (κ2) is 10.6. The van der Waals surface area contributed by atoms with Crippen LogP contribution in [0.5, 0.6) is 11.5 Å². The van der Waals surface area contributed by atoms with Crippen molar-refractivity contribution >= 4 is 17.5 Å². The number of hydrogen-bond donors (Lipinski definition) is 1. The molecular weight excluding hydrogens is 442 g/mol. The third-order valence-electron chi connectivity index (χ3n) is 6.55. The number of pyridine rings is 1. The molecule has 0 bridgehead atoms. The van der Waals surface area contributed by atoms with E-state index < -0.39 is 5.92 Å². The van der Waals surface area contributed by atoms with Crippen LogP contribution < -0.4 is 19.7 Å². The monoisotopic (exact) mass is 473 g/mol. The van der Waals surface area contributed by atoms with Gasteiger partial charge in [0.05, 0.1) is 19.1 Å². The molecule has 1 aliphatic heterocycles. The van der Waals surface area contributed by atoms with E-state index in [2.05, 4.69) is 10.3 Å². The number of ether oxygens (including phenoxy) is 2. The van der Waals surface area contributed by atoms with Crippen LogP contribution >= 0.6 is 0 Å². The number of anilines is 1. The number of carbonyl (C=O) groups is 2. The first-order valence-electron chi connectivity index (χ1n) is 11.7. The summed E-state index contributed by atoms with van der Waals surface area (Å²) in [6.45, 7) is 6.73. The van der Waals surface area contributed by atoms with E-state index in [0.717, 1.165) is 27.9 Å². The SMILES string of the molecule is COc1cc(C(C)NC(=O)C2CC(=O)N(c3cccc(C)c3C)C2)ccc1OCc1ccncc1. The van der Waals surface area contributed by atoms with Gasteiger partial charge in [-0.25, -0.2) is 0 Å². The van der Waals surface area contributed by atoms with Crippen molar-refractivity contribution in [3.05, 3.63) is 83.2 Å². The zero-order valence-corrected chi connectivity index (χ0v) is 20.6. The second-order valence-corrected chi connectivity index (χ2v) is 8.91. The zero-order valence-electron chi connectivity index (χ0n) is 20.6. The topological polar surface area (TPSA) is 80.8 Å². The van der Waals surface area contributed by atoms with Crippen molar-refractivity contribution in [2.24, 2.45) is 5.92 Å². The molecule has 1 aliphatic rings. The van der Waals surface area contributed by atoms with Crippen LogP contribution in [0.2, 0.25) is 0 Å². The summed E-state index contributed by atoms with van der Waals surface area (Å²) in [7, 11) is 1.59. The van der Waals surface area contributed by atoms with Gasteiger partial charge in [-0.15, -0.1) is 0 Å². The van der Waals surface area contributed by atoms with Gasteiger partial charge in [-0.1, -0.05) is 18.2 Å². The Hall–Kier alpha value is -3.87. The smallest absolute Gasteiger partial charge is 0.227 e. The Bertz CT molecular complexity index is 1210. The molecule has 35 heavy (non-hydrogen) atoms. The first kappa shape index (κ1) is 24.3. The normalized spacial score (nSPS) is 16.2. The lowest BCUT2D eigenvalue weighted by Gasteiger charge is -2.21. The molecule has 0 aliphatic carbocycles. The number of nitrogens with zero attached hydrogens (tertiary/aromatic N) is 2. The minimum Gasteiger partial charge on any atom is -0.493 e. The van der Waals surface area contributed by atoms with Gasteiger partial charge in [0.2, 0.25) is 11.8 Å². The predicted octanol–water partition coefficient (Wildman–Crippen LogP) is 4.52. The molecule has 0 saturated carbocycles. The Kier molecular flexibility index (Phi) is 7.34. The highest BCUT2D eigenvalue weighted by atomic mass is 16.5. The summed E-state index contributed by atoms with van der Waals surface area (Å²) in [6.07, 6.45) is 3.65. The third kappa shape index (κ3) is 5.45. The highest BCUT2D eigenvalue weighted by molar-refractivity contribution is 6.01. The van der Waals surface area contributed by atoms with Gasteiger partial charge in [0, 0.05) is 31.0 Å². The first-order valence-corrected chi connectivity index (χ1v) is 11.7. The number of methoxy groups -OCH3 is 1. The van der Waals surface area contributed by atoms with Crippen molar-refractivity contribution in [3.63, 3.8) is 0 Å². The van der Waals surface area contributed by atoms with Gasteiger partial charge in [0.15, 0.2) is 11.5 Å². The van der Waals surface area contributed by atoms with Gasteiger partial charge >= 0.3 is 0 Å². The number of aromatic nitrogens is 1. The molecule has 7 nitrogen and oxygen atoms in total. The summed E-state index contributed by atoms with van der Waals surface area (Å²) < 4.78 is 11.4. The zero-order chi connectivity index (χ0) is 24.9. The van der Waals surface area contributed by atoms with E-state index in [4.69, 9.17) is 9.47 Å². The Morgan fingerprint density at radius 1 is 1.14 bits per heavy atom. The molecule has 1 aromatic heterocycles. The quantitative estimate of drug-likeness (QED) is 0.520. The van der Waals surface area contributed by atoms with E-state index in [9.17, 15) is 9.59 Å². The van der Waals surface area contributed by atoms with Crippen molar-refractivity contribution in [2.75, 3.05) is 18.6 Å². The van der Waals surface area contributed by atoms with Crippen molar-refractivity contribution in [2.45, 2.75) is 39.8 Å². The highest BCUT2D eigenvalue weighted by Gasteiger charge is 2.36. The summed E-state index contributed by atoms with van der Waals surface area (Å²) in [6, 6.07) is 15.1. The molecule has 2 amide bonds. The molecule has 2 aromatic carbocycles. The average Bonchev–Trinajstić information content (AvgIpc) is 3.26. The average molecular weight is 474 g/mol. The van der Waals surface area contributed by atoms with Gasteiger partial charge in [-0.05, 0) is 73.4 Å². The molecule has 0 radical (unpaired) electrons. The Morgan fingerprint density at radius 2 is 1.91 bits per heavy atom. The first-order chi connectivity index (χ1) is 16.9. The highest BCUT2D eigenvalue weighted by Crippen LogP contribution is 2.32. The Balaban J connectivity index is 1.40. The summed E-state index contributed by atoms with van der Waals surface area (Å²) in [4.78, 5) is 31.5. The maximum absolute atomic E-state index is 13.0. The molecule has 1 saturated heterocycles. The molecule has 1 N–H and O–H groups in total. The lowest BCUT2D eigenvalue weighted by molar-refractivity contribution is -0.126. The molecule has 182 valence electrons. The Labute approximate surface area is 206 Å². The fraction of sp³-hybridized carbons (Fsp3) is 0.321. The number of rotatable bonds is 8. The number of aryl methyl sites for hydroxylation is 1. The van der Waals surface area contributed by atoms with Crippen LogP contribution in [0.1, 0.15) is 41.6 Å². The summed E-state index contributed by atoms with van der Waals surface area (Å²) in [5, 5.41) is 3.06. The van der Waals surface area contributed by atoms with Crippen molar-refractivity contribution < 1.29 is 19.1 Å². The third-order valence-corrected chi connectivity index (χ3v) is 6.55. The van der Waals surface area contributed by atoms with Crippen molar-refractivity contribution in [1.82, 2.24) is 10.3 Å². The van der Waals surface area contributed by atoms with E-state index in [-0.39, 0.29) is 24.3 Å². The van der Waals surface area contributed by atoms with Crippen LogP contribution in [0.4, 0.5) is 5.69 Å². The van der Waals surface area contributed by atoms with E-state index in [1.54, 1.807) is 24.4 Å². The minimum atomic E-state index is -0.394. The molecular formula is C28H31N3O4. The van der Waals surface area contributed by atoms with Gasteiger partial charge < -0.3 is 19.7 Å². The van der Waals surface area contributed by atoms with Crippen LogP contribution in [0, 0.1) is 19.8 Å². The fourth-order valence-electron chi connectivity index (χ4n) is 4.27. The van der Waals surface area contributed by atoms with Crippen molar-refractivity contribution in [1.29, 1.82) is 0 Å². The molecule has 0 spiro atoms. The second-order valence-electron chi connectivity index (χ2n) is 8.91. The number of amides is 2. The van der Waals surface area contributed by atoms with Crippen LogP contribution in [-0.2, 0) is 16.2 Å². The summed E-state index contributed by atoms with van der Waals surface area (Å²) in [5.41, 5.74) is 4.97. The van der Waals surface area contributed by atoms with Gasteiger partial charge in [0.1, 0.15) is 6.61 Å². The molecule has 2 unspecified atom stereocenters. The standard InChI is InChI=1S/C28H31N3O4/c1-18-6-5-7-24(19(18)2)31-16-23(15-27(31)32)28(33)30-20(3)22-8-9-25(26(14-22)34-4)35-17-21-10-12-29-13-11-21/h5-14,20,23H,15-17H2,1-4H3,(H,30,33). The van der Waals surface area contributed by atoms with Gasteiger partial charge in [-0.2, -0.15) is 0 Å². The maximum atomic E-state index is 13.0. The van der Waals surface area contributed by atoms with E-state index in [0.29, 0.717) is 24.7 Å². The predicted molar refractivity (Wildman–Crippen MR) is 134 cm³/mol.